The van der Waals surface area contributed by atoms with Crippen molar-refractivity contribution >= 4 is 28.5 Å². The van der Waals surface area contributed by atoms with Gasteiger partial charge in [0, 0.05) is 30.4 Å². The fourth-order valence-electron chi connectivity index (χ4n) is 2.92. The lowest BCUT2D eigenvalue weighted by atomic mass is 10.1. The van der Waals surface area contributed by atoms with Crippen LogP contribution in [0.15, 0.2) is 54.9 Å². The molecule has 0 aliphatic carbocycles. The fourth-order valence-corrected chi connectivity index (χ4v) is 3.59. The van der Waals surface area contributed by atoms with Gasteiger partial charge in [-0.05, 0) is 50.6 Å². The number of aromatic nitrogens is 2. The average Bonchev–Trinajstić information content (AvgIpc) is 3.17. The van der Waals surface area contributed by atoms with E-state index < -0.39 is 11.3 Å². The Hall–Kier alpha value is -2.97. The maximum absolute atomic E-state index is 12.6. The normalized spacial score (nSPS) is 11.9. The molecule has 1 unspecified atom stereocenters. The Kier molecular flexibility index (Phi) is 6.46. The molecule has 3 rings (SSSR count). The fraction of sp³-hybridized carbons (Fsp3) is 0.238. The monoisotopic (exact) mass is 412 g/mol. The smallest absolute Gasteiger partial charge is 0.266 e. The van der Waals surface area contributed by atoms with Crippen LogP contribution < -0.4 is 9.62 Å². The second-order valence-electron chi connectivity index (χ2n) is 6.75. The van der Waals surface area contributed by atoms with Gasteiger partial charge in [-0.2, -0.15) is 5.10 Å². The first kappa shape index (κ1) is 20.8. The molecule has 0 aliphatic heterocycles. The molecule has 1 atom stereocenters. The molecule has 0 radical (unpaired) electrons. The zero-order chi connectivity index (χ0) is 21.0. The summed E-state index contributed by atoms with van der Waals surface area (Å²) in [5.74, 6) is -0.261. The summed E-state index contributed by atoms with van der Waals surface area (Å²) < 4.78 is 25.1. The van der Waals surface area contributed by atoms with Crippen molar-refractivity contribution in [3.05, 3.63) is 77.1 Å². The van der Waals surface area contributed by atoms with E-state index in [0.717, 1.165) is 23.2 Å². The SMILES string of the molecule is CCn1cc(CNC(=O)c2ccc(C)c(N(c3ccc(C)cc3)S(=O)O)c2)cn1. The van der Waals surface area contributed by atoms with E-state index in [0.29, 0.717) is 23.5 Å². The van der Waals surface area contributed by atoms with E-state index in [1.54, 1.807) is 41.2 Å². The predicted molar refractivity (Wildman–Crippen MR) is 114 cm³/mol. The summed E-state index contributed by atoms with van der Waals surface area (Å²) in [6.45, 7) is 6.90. The third-order valence-corrected chi connectivity index (χ3v) is 5.30. The molecule has 0 bridgehead atoms. The molecule has 29 heavy (non-hydrogen) atoms. The van der Waals surface area contributed by atoms with Crippen LogP contribution in [0.25, 0.3) is 0 Å². The highest BCUT2D eigenvalue weighted by Gasteiger charge is 2.19. The van der Waals surface area contributed by atoms with E-state index in [-0.39, 0.29) is 5.91 Å². The van der Waals surface area contributed by atoms with E-state index in [1.165, 1.54) is 4.31 Å². The van der Waals surface area contributed by atoms with Crippen molar-refractivity contribution in [1.29, 1.82) is 0 Å². The van der Waals surface area contributed by atoms with E-state index in [4.69, 9.17) is 0 Å². The molecule has 0 spiro atoms. The lowest BCUT2D eigenvalue weighted by Crippen LogP contribution is -2.24. The number of nitrogens with one attached hydrogen (secondary N) is 1. The molecule has 3 aromatic rings. The Bertz CT molecular complexity index is 1030. The molecular formula is C21H24N4O3S. The predicted octanol–water partition coefficient (Wildman–Crippen LogP) is 3.72. The molecule has 0 saturated carbocycles. The van der Waals surface area contributed by atoms with Gasteiger partial charge in [0.2, 0.25) is 0 Å². The van der Waals surface area contributed by atoms with Crippen LogP contribution in [0.4, 0.5) is 11.4 Å². The van der Waals surface area contributed by atoms with Crippen LogP contribution in [-0.4, -0.2) is 24.4 Å². The molecule has 8 heteroatoms. The zero-order valence-electron chi connectivity index (χ0n) is 16.6. The highest BCUT2D eigenvalue weighted by Crippen LogP contribution is 2.30. The van der Waals surface area contributed by atoms with Gasteiger partial charge in [0.25, 0.3) is 17.2 Å². The molecule has 7 nitrogen and oxygen atoms in total. The molecule has 1 heterocycles. The topological polar surface area (TPSA) is 87.5 Å². The van der Waals surface area contributed by atoms with Crippen molar-refractivity contribution < 1.29 is 13.6 Å². The Labute approximate surface area is 172 Å². The summed E-state index contributed by atoms with van der Waals surface area (Å²) in [5, 5.41) is 7.06. The number of anilines is 2. The van der Waals surface area contributed by atoms with Gasteiger partial charge in [0.15, 0.2) is 0 Å². The second kappa shape index (κ2) is 9.02. The van der Waals surface area contributed by atoms with Crippen molar-refractivity contribution in [3.63, 3.8) is 0 Å². The van der Waals surface area contributed by atoms with E-state index in [9.17, 15) is 13.6 Å². The third-order valence-electron chi connectivity index (χ3n) is 4.58. The van der Waals surface area contributed by atoms with Crippen LogP contribution in [0.5, 0.6) is 0 Å². The molecule has 0 aliphatic rings. The highest BCUT2D eigenvalue weighted by atomic mass is 32.2. The van der Waals surface area contributed by atoms with Crippen LogP contribution in [-0.2, 0) is 24.4 Å². The first-order valence-corrected chi connectivity index (χ1v) is 10.3. The van der Waals surface area contributed by atoms with Crippen LogP contribution >= 0.6 is 0 Å². The van der Waals surface area contributed by atoms with Gasteiger partial charge >= 0.3 is 0 Å². The summed E-state index contributed by atoms with van der Waals surface area (Å²) in [6, 6.07) is 12.4. The van der Waals surface area contributed by atoms with Crippen LogP contribution in [0.1, 0.15) is 34.0 Å². The first-order valence-electron chi connectivity index (χ1n) is 9.27. The molecule has 2 N–H and O–H groups in total. The summed E-state index contributed by atoms with van der Waals surface area (Å²) >= 11 is -2.28. The lowest BCUT2D eigenvalue weighted by Gasteiger charge is -2.22. The third kappa shape index (κ3) is 4.90. The highest BCUT2D eigenvalue weighted by molar-refractivity contribution is 7.81. The van der Waals surface area contributed by atoms with Gasteiger partial charge in [-0.3, -0.25) is 14.0 Å². The largest absolute Gasteiger partial charge is 0.348 e. The number of hydrogen-bond acceptors (Lipinski definition) is 3. The number of benzene rings is 2. The van der Waals surface area contributed by atoms with E-state index >= 15 is 0 Å². The average molecular weight is 413 g/mol. The maximum atomic E-state index is 12.6. The lowest BCUT2D eigenvalue weighted by molar-refractivity contribution is 0.0951. The summed E-state index contributed by atoms with van der Waals surface area (Å²) in [6.07, 6.45) is 3.60. The number of rotatable bonds is 7. The van der Waals surface area contributed by atoms with Crippen LogP contribution in [0, 0.1) is 13.8 Å². The Morgan fingerprint density at radius 1 is 1.21 bits per heavy atom. The van der Waals surface area contributed by atoms with Gasteiger partial charge in [-0.1, -0.05) is 23.8 Å². The molecule has 1 aromatic heterocycles. The Balaban J connectivity index is 1.84. The number of amides is 1. The Morgan fingerprint density at radius 2 is 1.93 bits per heavy atom. The van der Waals surface area contributed by atoms with E-state index in [1.807, 2.05) is 39.1 Å². The second-order valence-corrected chi connectivity index (χ2v) is 7.58. The van der Waals surface area contributed by atoms with Crippen molar-refractivity contribution in [1.82, 2.24) is 15.1 Å². The molecular weight excluding hydrogens is 388 g/mol. The van der Waals surface area contributed by atoms with Crippen molar-refractivity contribution in [3.8, 4) is 0 Å². The van der Waals surface area contributed by atoms with Gasteiger partial charge < -0.3 is 5.32 Å². The van der Waals surface area contributed by atoms with Crippen LogP contribution in [0.3, 0.4) is 0 Å². The van der Waals surface area contributed by atoms with Gasteiger partial charge in [-0.25, -0.2) is 8.51 Å². The minimum Gasteiger partial charge on any atom is -0.348 e. The van der Waals surface area contributed by atoms with Gasteiger partial charge in [0.05, 0.1) is 17.6 Å². The summed E-state index contributed by atoms with van der Waals surface area (Å²) in [4.78, 5) is 12.6. The Morgan fingerprint density at radius 3 is 2.55 bits per heavy atom. The van der Waals surface area contributed by atoms with Gasteiger partial charge in [0.1, 0.15) is 0 Å². The number of carbonyl (C=O) groups is 1. The quantitative estimate of drug-likeness (QED) is 0.579. The molecule has 0 saturated heterocycles. The van der Waals surface area contributed by atoms with Crippen molar-refractivity contribution in [2.24, 2.45) is 0 Å². The minimum absolute atomic E-state index is 0.261. The molecule has 0 fully saturated rings. The maximum Gasteiger partial charge on any atom is 0.266 e. The number of nitrogens with zero attached hydrogens (tertiary/aromatic N) is 3. The number of aryl methyl sites for hydroxylation is 3. The number of hydrogen-bond donors (Lipinski definition) is 2. The van der Waals surface area contributed by atoms with Gasteiger partial charge in [-0.15, -0.1) is 0 Å². The van der Waals surface area contributed by atoms with Crippen LogP contribution in [0.2, 0.25) is 0 Å². The first-order chi connectivity index (χ1) is 13.9. The minimum atomic E-state index is -2.28. The summed E-state index contributed by atoms with van der Waals surface area (Å²) in [5.41, 5.74) is 4.23. The van der Waals surface area contributed by atoms with Crippen molar-refractivity contribution in [2.75, 3.05) is 4.31 Å². The van der Waals surface area contributed by atoms with Crippen molar-refractivity contribution in [2.45, 2.75) is 33.9 Å². The van der Waals surface area contributed by atoms with E-state index in [2.05, 4.69) is 10.4 Å². The molecule has 1 amide bonds. The molecule has 152 valence electrons. The standard InChI is InChI=1S/C21H24N4O3S/c1-4-24-14-17(13-23-24)12-22-21(26)18-8-7-16(3)20(11-18)25(29(27)28)19-9-5-15(2)6-10-19/h5-11,13-14H,4,12H2,1-3H3,(H,22,26)(H,27,28). The summed E-state index contributed by atoms with van der Waals surface area (Å²) in [7, 11) is 0. The molecule has 2 aromatic carbocycles. The number of carbonyl (C=O) groups excluding carboxylic acids is 1. The zero-order valence-corrected chi connectivity index (χ0v) is 17.4.